The second-order valence-corrected chi connectivity index (χ2v) is 6.00. The molecular formula is C14H17BrFN3O. The number of hydrogen-bond donors (Lipinski definition) is 1. The summed E-state index contributed by atoms with van der Waals surface area (Å²) in [7, 11) is 0. The summed E-state index contributed by atoms with van der Waals surface area (Å²) in [6.45, 7) is 4.68. The monoisotopic (exact) mass is 341 g/mol. The van der Waals surface area contributed by atoms with E-state index in [9.17, 15) is 4.39 Å². The van der Waals surface area contributed by atoms with Gasteiger partial charge in [-0.05, 0) is 30.5 Å². The van der Waals surface area contributed by atoms with Crippen LogP contribution >= 0.6 is 15.9 Å². The fourth-order valence-electron chi connectivity index (χ4n) is 2.05. The minimum absolute atomic E-state index is 0.0311. The summed E-state index contributed by atoms with van der Waals surface area (Å²) in [6.07, 6.45) is 0.877. The molecule has 108 valence electrons. The van der Waals surface area contributed by atoms with Gasteiger partial charge >= 0.3 is 0 Å². The Morgan fingerprint density at radius 2 is 2.15 bits per heavy atom. The van der Waals surface area contributed by atoms with E-state index in [1.165, 1.54) is 12.1 Å². The zero-order chi connectivity index (χ0) is 14.7. The molecule has 4 nitrogen and oxygen atoms in total. The van der Waals surface area contributed by atoms with Crippen molar-refractivity contribution in [3.63, 3.8) is 0 Å². The van der Waals surface area contributed by atoms with Crippen LogP contribution < -0.4 is 5.73 Å². The van der Waals surface area contributed by atoms with Crippen LogP contribution in [-0.2, 0) is 0 Å². The number of halogens is 2. The summed E-state index contributed by atoms with van der Waals surface area (Å²) in [5, 5.41) is 3.93. The molecule has 0 fully saturated rings. The van der Waals surface area contributed by atoms with Gasteiger partial charge in [0.2, 0.25) is 11.7 Å². The highest BCUT2D eigenvalue weighted by molar-refractivity contribution is 9.10. The van der Waals surface area contributed by atoms with Gasteiger partial charge in [-0.25, -0.2) is 4.39 Å². The third kappa shape index (κ3) is 3.43. The molecule has 0 spiro atoms. The van der Waals surface area contributed by atoms with Gasteiger partial charge in [0.15, 0.2) is 0 Å². The van der Waals surface area contributed by atoms with E-state index in [1.54, 1.807) is 6.07 Å². The highest BCUT2D eigenvalue weighted by Crippen LogP contribution is 2.29. The molecular weight excluding hydrogens is 325 g/mol. The van der Waals surface area contributed by atoms with E-state index in [0.717, 1.165) is 10.9 Å². The average Bonchev–Trinajstić information content (AvgIpc) is 2.88. The van der Waals surface area contributed by atoms with Crippen LogP contribution in [0.1, 0.15) is 32.1 Å². The standard InChI is InChI=1S/C14H17BrFN3O/c1-8(2)5-9(7-17)14-18-13(19-20-14)11-6-10(16)3-4-12(11)15/h3-4,6,8-9H,5,7,17H2,1-2H3. The van der Waals surface area contributed by atoms with Gasteiger partial charge in [0.25, 0.3) is 0 Å². The summed E-state index contributed by atoms with van der Waals surface area (Å²) in [5.41, 5.74) is 6.33. The van der Waals surface area contributed by atoms with E-state index in [1.807, 2.05) is 0 Å². The van der Waals surface area contributed by atoms with Gasteiger partial charge in [-0.1, -0.05) is 34.9 Å². The maximum absolute atomic E-state index is 13.3. The number of aromatic nitrogens is 2. The zero-order valence-corrected chi connectivity index (χ0v) is 13.0. The molecule has 6 heteroatoms. The minimum atomic E-state index is -0.341. The number of hydrogen-bond acceptors (Lipinski definition) is 4. The molecule has 1 heterocycles. The SMILES string of the molecule is CC(C)CC(CN)c1nc(-c2cc(F)ccc2Br)no1. The molecule has 0 aliphatic carbocycles. The van der Waals surface area contributed by atoms with Crippen molar-refractivity contribution in [2.75, 3.05) is 6.54 Å². The van der Waals surface area contributed by atoms with Crippen molar-refractivity contribution in [2.45, 2.75) is 26.2 Å². The molecule has 0 aliphatic heterocycles. The lowest BCUT2D eigenvalue weighted by Gasteiger charge is -2.11. The highest BCUT2D eigenvalue weighted by atomic mass is 79.9. The fraction of sp³-hybridized carbons (Fsp3) is 0.429. The molecule has 0 saturated heterocycles. The van der Waals surface area contributed by atoms with Crippen molar-refractivity contribution >= 4 is 15.9 Å². The van der Waals surface area contributed by atoms with Gasteiger partial charge in [0.05, 0.1) is 5.92 Å². The van der Waals surface area contributed by atoms with Gasteiger partial charge < -0.3 is 10.3 Å². The van der Waals surface area contributed by atoms with E-state index in [2.05, 4.69) is 39.9 Å². The van der Waals surface area contributed by atoms with Crippen LogP contribution in [0.4, 0.5) is 4.39 Å². The van der Waals surface area contributed by atoms with E-state index in [4.69, 9.17) is 10.3 Å². The lowest BCUT2D eigenvalue weighted by Crippen LogP contribution is -2.15. The largest absolute Gasteiger partial charge is 0.339 e. The lowest BCUT2D eigenvalue weighted by atomic mass is 9.97. The van der Waals surface area contributed by atoms with Gasteiger partial charge in [-0.3, -0.25) is 0 Å². The number of nitrogens with two attached hydrogens (primary N) is 1. The summed E-state index contributed by atoms with van der Waals surface area (Å²) in [4.78, 5) is 4.35. The average molecular weight is 342 g/mol. The van der Waals surface area contributed by atoms with E-state index in [0.29, 0.717) is 29.7 Å². The molecule has 2 aromatic rings. The third-order valence-corrected chi connectivity index (χ3v) is 3.69. The number of benzene rings is 1. The van der Waals surface area contributed by atoms with Gasteiger partial charge in [-0.15, -0.1) is 0 Å². The van der Waals surface area contributed by atoms with Crippen molar-refractivity contribution in [3.05, 3.63) is 34.4 Å². The van der Waals surface area contributed by atoms with Crippen LogP contribution in [0.5, 0.6) is 0 Å². The molecule has 1 unspecified atom stereocenters. The van der Waals surface area contributed by atoms with Crippen molar-refractivity contribution in [3.8, 4) is 11.4 Å². The molecule has 0 aliphatic rings. The van der Waals surface area contributed by atoms with E-state index < -0.39 is 0 Å². The smallest absolute Gasteiger partial charge is 0.231 e. The molecule has 1 aromatic carbocycles. The molecule has 2 N–H and O–H groups in total. The zero-order valence-electron chi connectivity index (χ0n) is 11.4. The number of rotatable bonds is 5. The molecule has 2 rings (SSSR count). The third-order valence-electron chi connectivity index (χ3n) is 3.00. The molecule has 0 bridgehead atoms. The van der Waals surface area contributed by atoms with Crippen LogP contribution in [0.3, 0.4) is 0 Å². The summed E-state index contributed by atoms with van der Waals surface area (Å²) >= 11 is 3.36. The second kappa shape index (κ2) is 6.45. The molecule has 1 aromatic heterocycles. The van der Waals surface area contributed by atoms with Gasteiger partial charge in [0, 0.05) is 16.6 Å². The molecule has 0 amide bonds. The van der Waals surface area contributed by atoms with Crippen molar-refractivity contribution in [1.82, 2.24) is 10.1 Å². The second-order valence-electron chi connectivity index (χ2n) is 5.14. The number of nitrogens with zero attached hydrogens (tertiary/aromatic N) is 2. The first-order valence-corrected chi connectivity index (χ1v) is 7.29. The highest BCUT2D eigenvalue weighted by Gasteiger charge is 2.20. The quantitative estimate of drug-likeness (QED) is 0.899. The maximum Gasteiger partial charge on any atom is 0.231 e. The first kappa shape index (κ1) is 15.1. The lowest BCUT2D eigenvalue weighted by molar-refractivity contribution is 0.335. The van der Waals surface area contributed by atoms with Gasteiger partial charge in [0.1, 0.15) is 5.82 Å². The van der Waals surface area contributed by atoms with Gasteiger partial charge in [-0.2, -0.15) is 4.98 Å². The Labute approximate surface area is 125 Å². The van der Waals surface area contributed by atoms with Crippen LogP contribution in [0, 0.1) is 11.7 Å². The Bertz CT molecular complexity index is 586. The Hall–Kier alpha value is -1.27. The Morgan fingerprint density at radius 1 is 1.40 bits per heavy atom. The summed E-state index contributed by atoms with van der Waals surface area (Å²) in [5.74, 6) is 1.05. The van der Waals surface area contributed by atoms with Crippen LogP contribution in [0.15, 0.2) is 27.2 Å². The molecule has 0 saturated carbocycles. The summed E-state index contributed by atoms with van der Waals surface area (Å²) in [6, 6.07) is 4.36. The van der Waals surface area contributed by atoms with Crippen LogP contribution in [0.2, 0.25) is 0 Å². The maximum atomic E-state index is 13.3. The van der Waals surface area contributed by atoms with Crippen molar-refractivity contribution in [1.29, 1.82) is 0 Å². The summed E-state index contributed by atoms with van der Waals surface area (Å²) < 4.78 is 19.3. The molecule has 0 radical (unpaired) electrons. The van der Waals surface area contributed by atoms with E-state index in [-0.39, 0.29) is 11.7 Å². The first-order chi connectivity index (χ1) is 9.51. The molecule has 1 atom stereocenters. The molecule has 20 heavy (non-hydrogen) atoms. The predicted molar refractivity (Wildman–Crippen MR) is 78.6 cm³/mol. The fourth-order valence-corrected chi connectivity index (χ4v) is 2.47. The minimum Gasteiger partial charge on any atom is -0.339 e. The van der Waals surface area contributed by atoms with Crippen molar-refractivity contribution in [2.24, 2.45) is 11.7 Å². The Balaban J connectivity index is 2.30. The predicted octanol–water partition coefficient (Wildman–Crippen LogP) is 3.73. The normalized spacial score (nSPS) is 12.9. The Kier molecular flexibility index (Phi) is 4.88. The van der Waals surface area contributed by atoms with Crippen LogP contribution in [0.25, 0.3) is 11.4 Å². The first-order valence-electron chi connectivity index (χ1n) is 6.50. The Morgan fingerprint density at radius 3 is 2.80 bits per heavy atom. The van der Waals surface area contributed by atoms with Crippen LogP contribution in [-0.4, -0.2) is 16.7 Å². The van der Waals surface area contributed by atoms with Crippen molar-refractivity contribution < 1.29 is 8.91 Å². The topological polar surface area (TPSA) is 64.9 Å². The van der Waals surface area contributed by atoms with E-state index >= 15 is 0 Å².